The smallest absolute Gasteiger partial charge is 0.232 e. The molecule has 1 aromatic heterocycles. The third-order valence-electron chi connectivity index (χ3n) is 4.06. The van der Waals surface area contributed by atoms with Crippen molar-refractivity contribution in [3.05, 3.63) is 70.0 Å². The molecule has 0 saturated heterocycles. The third-order valence-corrected chi connectivity index (χ3v) is 5.77. The standard InChI is InChI=1S/C20H18Cl2N4O2S/c1-2-26-18(11-19(28)23-14-8-9-15(21)16(22)10-14)24-25-20(26)29-12-17(27)13-6-4-3-5-7-13/h3-10H,2,11-12H2,1H3,(H,23,28). The lowest BCUT2D eigenvalue weighted by atomic mass is 10.2. The van der Waals surface area contributed by atoms with Crippen LogP contribution in [0.1, 0.15) is 23.1 Å². The van der Waals surface area contributed by atoms with Crippen LogP contribution in [0.2, 0.25) is 10.0 Å². The summed E-state index contributed by atoms with van der Waals surface area (Å²) in [6.45, 7) is 2.52. The molecule has 0 radical (unpaired) electrons. The first kappa shape index (κ1) is 21.4. The summed E-state index contributed by atoms with van der Waals surface area (Å²) < 4.78 is 1.83. The zero-order valence-electron chi connectivity index (χ0n) is 15.6. The van der Waals surface area contributed by atoms with Crippen LogP contribution in [-0.2, 0) is 17.8 Å². The van der Waals surface area contributed by atoms with Crippen LogP contribution in [0.3, 0.4) is 0 Å². The summed E-state index contributed by atoms with van der Waals surface area (Å²) in [5.41, 5.74) is 1.21. The second-order valence-corrected chi connectivity index (χ2v) is 7.83. The highest BCUT2D eigenvalue weighted by Gasteiger charge is 2.16. The molecule has 1 amide bonds. The lowest BCUT2D eigenvalue weighted by Crippen LogP contribution is -2.17. The van der Waals surface area contributed by atoms with Gasteiger partial charge in [-0.3, -0.25) is 9.59 Å². The Hall–Kier alpha value is -2.35. The lowest BCUT2D eigenvalue weighted by molar-refractivity contribution is -0.115. The number of carbonyl (C=O) groups is 2. The van der Waals surface area contributed by atoms with E-state index in [1.807, 2.05) is 29.7 Å². The molecule has 0 saturated carbocycles. The number of anilines is 1. The fourth-order valence-corrected chi connectivity index (χ4v) is 3.85. The third kappa shape index (κ3) is 5.59. The van der Waals surface area contributed by atoms with Crippen LogP contribution >= 0.6 is 35.0 Å². The molecule has 1 heterocycles. The van der Waals surface area contributed by atoms with Crippen molar-refractivity contribution < 1.29 is 9.59 Å². The van der Waals surface area contributed by atoms with E-state index in [9.17, 15) is 9.59 Å². The number of thioether (sulfide) groups is 1. The van der Waals surface area contributed by atoms with Crippen molar-refractivity contribution in [2.45, 2.75) is 25.0 Å². The number of aromatic nitrogens is 3. The maximum Gasteiger partial charge on any atom is 0.232 e. The van der Waals surface area contributed by atoms with Crippen LogP contribution in [0.15, 0.2) is 53.7 Å². The Balaban J connectivity index is 1.63. The summed E-state index contributed by atoms with van der Waals surface area (Å²) in [4.78, 5) is 24.7. The van der Waals surface area contributed by atoms with Gasteiger partial charge in [-0.25, -0.2) is 0 Å². The highest BCUT2D eigenvalue weighted by Crippen LogP contribution is 2.25. The molecule has 0 aliphatic rings. The molecule has 0 bridgehead atoms. The average Bonchev–Trinajstić information content (AvgIpc) is 3.10. The van der Waals surface area contributed by atoms with Crippen LogP contribution in [0, 0.1) is 0 Å². The van der Waals surface area contributed by atoms with Crippen LogP contribution in [0.25, 0.3) is 0 Å². The van der Waals surface area contributed by atoms with Gasteiger partial charge in [-0.05, 0) is 25.1 Å². The van der Waals surface area contributed by atoms with Crippen molar-refractivity contribution in [2.75, 3.05) is 11.1 Å². The van der Waals surface area contributed by atoms with Crippen LogP contribution in [-0.4, -0.2) is 32.2 Å². The fraction of sp³-hybridized carbons (Fsp3) is 0.200. The molecule has 29 heavy (non-hydrogen) atoms. The van der Waals surface area contributed by atoms with E-state index < -0.39 is 0 Å². The van der Waals surface area contributed by atoms with E-state index in [1.54, 1.807) is 30.3 Å². The van der Waals surface area contributed by atoms with E-state index in [0.717, 1.165) is 0 Å². The first-order chi connectivity index (χ1) is 14.0. The van der Waals surface area contributed by atoms with Crippen LogP contribution in [0.5, 0.6) is 0 Å². The minimum atomic E-state index is -0.248. The number of carbonyl (C=O) groups excluding carboxylic acids is 2. The van der Waals surface area contributed by atoms with Gasteiger partial charge in [0, 0.05) is 17.8 Å². The summed E-state index contributed by atoms with van der Waals surface area (Å²) in [6.07, 6.45) is 0.0499. The van der Waals surface area contributed by atoms with Gasteiger partial charge < -0.3 is 9.88 Å². The zero-order chi connectivity index (χ0) is 20.8. The van der Waals surface area contributed by atoms with E-state index >= 15 is 0 Å². The van der Waals surface area contributed by atoms with Gasteiger partial charge in [0.25, 0.3) is 0 Å². The summed E-state index contributed by atoms with van der Waals surface area (Å²) in [5.74, 6) is 0.541. The average molecular weight is 449 g/mol. The lowest BCUT2D eigenvalue weighted by Gasteiger charge is -2.08. The van der Waals surface area contributed by atoms with Gasteiger partial charge in [0.15, 0.2) is 10.9 Å². The number of hydrogen-bond donors (Lipinski definition) is 1. The predicted molar refractivity (Wildman–Crippen MR) is 116 cm³/mol. The largest absolute Gasteiger partial charge is 0.326 e. The number of benzene rings is 2. The van der Waals surface area contributed by atoms with Gasteiger partial charge in [-0.15, -0.1) is 10.2 Å². The van der Waals surface area contributed by atoms with Gasteiger partial charge in [-0.1, -0.05) is 65.3 Å². The number of halogens is 2. The molecule has 0 aliphatic carbocycles. The minimum absolute atomic E-state index is 0.0140. The Morgan fingerprint density at radius 1 is 1.07 bits per heavy atom. The Morgan fingerprint density at radius 3 is 2.52 bits per heavy atom. The van der Waals surface area contributed by atoms with E-state index in [1.165, 1.54) is 11.8 Å². The number of rotatable bonds is 8. The Kier molecular flexibility index (Phi) is 7.30. The predicted octanol–water partition coefficient (Wildman–Crippen LogP) is 4.76. The first-order valence-corrected chi connectivity index (χ1v) is 10.6. The zero-order valence-corrected chi connectivity index (χ0v) is 17.9. The Bertz CT molecular complexity index is 1020. The molecule has 150 valence electrons. The molecule has 2 aromatic carbocycles. The number of hydrogen-bond acceptors (Lipinski definition) is 5. The maximum atomic E-state index is 12.4. The maximum absolute atomic E-state index is 12.4. The normalized spacial score (nSPS) is 10.7. The van der Waals surface area contributed by atoms with Crippen molar-refractivity contribution in [1.29, 1.82) is 0 Å². The molecule has 9 heteroatoms. The summed E-state index contributed by atoms with van der Waals surface area (Å²) in [5, 5.41) is 12.4. The fourth-order valence-electron chi connectivity index (χ4n) is 2.63. The van der Waals surface area contributed by atoms with Gasteiger partial charge in [0.2, 0.25) is 5.91 Å². The molecule has 0 unspecified atom stereocenters. The molecule has 0 spiro atoms. The van der Waals surface area contributed by atoms with Crippen LogP contribution < -0.4 is 5.32 Å². The summed E-state index contributed by atoms with van der Waals surface area (Å²) in [6, 6.07) is 14.0. The Labute approximate surface area is 182 Å². The second kappa shape index (κ2) is 9.91. The van der Waals surface area contributed by atoms with Gasteiger partial charge >= 0.3 is 0 Å². The number of ketones is 1. The molecule has 1 N–H and O–H groups in total. The first-order valence-electron chi connectivity index (χ1n) is 8.86. The van der Waals surface area contributed by atoms with Gasteiger partial charge in [0.05, 0.1) is 22.2 Å². The van der Waals surface area contributed by atoms with E-state index in [4.69, 9.17) is 23.2 Å². The SMILES string of the molecule is CCn1c(CC(=O)Nc2ccc(Cl)c(Cl)c2)nnc1SCC(=O)c1ccccc1. The highest BCUT2D eigenvalue weighted by molar-refractivity contribution is 7.99. The van der Waals surface area contributed by atoms with Crippen molar-refractivity contribution >= 4 is 52.3 Å². The summed E-state index contributed by atoms with van der Waals surface area (Å²) >= 11 is 13.2. The number of nitrogens with zero attached hydrogens (tertiary/aromatic N) is 3. The van der Waals surface area contributed by atoms with E-state index in [2.05, 4.69) is 15.5 Å². The molecule has 3 aromatic rings. The highest BCUT2D eigenvalue weighted by atomic mass is 35.5. The molecule has 6 nitrogen and oxygen atoms in total. The second-order valence-electron chi connectivity index (χ2n) is 6.07. The molecule has 0 aliphatic heterocycles. The number of amides is 1. The molecule has 0 fully saturated rings. The summed E-state index contributed by atoms with van der Waals surface area (Å²) in [7, 11) is 0. The monoisotopic (exact) mass is 448 g/mol. The topological polar surface area (TPSA) is 76.9 Å². The van der Waals surface area contributed by atoms with Gasteiger partial charge in [-0.2, -0.15) is 0 Å². The van der Waals surface area contributed by atoms with E-state index in [0.29, 0.717) is 38.8 Å². The Morgan fingerprint density at radius 2 is 1.83 bits per heavy atom. The molecule has 3 rings (SSSR count). The number of Topliss-reactive ketones (excluding diaryl/α,β-unsaturated/α-hetero) is 1. The molecular formula is C20H18Cl2N4O2S. The molecular weight excluding hydrogens is 431 g/mol. The van der Waals surface area contributed by atoms with Gasteiger partial charge in [0.1, 0.15) is 5.82 Å². The van der Waals surface area contributed by atoms with Crippen molar-refractivity contribution in [3.63, 3.8) is 0 Å². The van der Waals surface area contributed by atoms with Crippen molar-refractivity contribution in [1.82, 2.24) is 14.8 Å². The van der Waals surface area contributed by atoms with Crippen molar-refractivity contribution in [2.24, 2.45) is 0 Å². The number of nitrogens with one attached hydrogen (secondary N) is 1. The quantitative estimate of drug-likeness (QED) is 0.396. The van der Waals surface area contributed by atoms with Crippen LogP contribution in [0.4, 0.5) is 5.69 Å². The van der Waals surface area contributed by atoms with E-state index in [-0.39, 0.29) is 23.9 Å². The minimum Gasteiger partial charge on any atom is -0.326 e. The molecule has 0 atom stereocenters. The van der Waals surface area contributed by atoms with Crippen molar-refractivity contribution in [3.8, 4) is 0 Å².